The van der Waals surface area contributed by atoms with E-state index >= 15 is 0 Å². The van der Waals surface area contributed by atoms with Gasteiger partial charge in [-0.25, -0.2) is 4.68 Å². The van der Waals surface area contributed by atoms with Gasteiger partial charge in [0.15, 0.2) is 5.82 Å². The molecular weight excluding hydrogens is 344 g/mol. The van der Waals surface area contributed by atoms with Crippen LogP contribution in [0.2, 0.25) is 0 Å². The summed E-state index contributed by atoms with van der Waals surface area (Å²) in [6.45, 7) is 5.56. The van der Waals surface area contributed by atoms with E-state index in [2.05, 4.69) is 10.1 Å². The minimum Gasteiger partial charge on any atom is -0.347 e. The zero-order valence-electron chi connectivity index (χ0n) is 16.5. The second-order valence-electron chi connectivity index (χ2n) is 6.96. The Balaban J connectivity index is 1.90. The lowest BCUT2D eigenvalue weighted by molar-refractivity contribution is -0.137. The molecule has 2 amide bonds. The van der Waals surface area contributed by atoms with E-state index in [9.17, 15) is 9.59 Å². The Bertz CT molecular complexity index is 860. The maximum absolute atomic E-state index is 13.0. The lowest BCUT2D eigenvalue weighted by Crippen LogP contribution is -2.56. The lowest BCUT2D eigenvalue weighted by Gasteiger charge is -2.37. The molecule has 1 fully saturated rings. The van der Waals surface area contributed by atoms with Crippen molar-refractivity contribution in [3.63, 3.8) is 0 Å². The number of benzene rings is 1. The van der Waals surface area contributed by atoms with E-state index in [0.717, 1.165) is 11.5 Å². The van der Waals surface area contributed by atoms with Crippen molar-refractivity contribution in [1.29, 1.82) is 0 Å². The van der Waals surface area contributed by atoms with Crippen LogP contribution in [0.15, 0.2) is 24.3 Å². The van der Waals surface area contributed by atoms with E-state index in [1.165, 1.54) is 0 Å². The van der Waals surface area contributed by atoms with E-state index in [0.29, 0.717) is 31.0 Å². The molecule has 1 aromatic heterocycles. The first-order chi connectivity index (χ1) is 12.8. The van der Waals surface area contributed by atoms with Crippen LogP contribution >= 0.6 is 0 Å². The van der Waals surface area contributed by atoms with Crippen LogP contribution in [0.4, 0.5) is 5.95 Å². The summed E-state index contributed by atoms with van der Waals surface area (Å²) in [5.41, 5.74) is 1.32. The summed E-state index contributed by atoms with van der Waals surface area (Å²) in [4.78, 5) is 35.0. The van der Waals surface area contributed by atoms with Crippen molar-refractivity contribution in [2.24, 2.45) is 0 Å². The number of amides is 2. The molecule has 1 aliphatic heterocycles. The van der Waals surface area contributed by atoms with Crippen molar-refractivity contribution in [2.75, 3.05) is 39.1 Å². The molecule has 1 atom stereocenters. The number of anilines is 1. The molecule has 3 rings (SSSR count). The van der Waals surface area contributed by atoms with Crippen molar-refractivity contribution >= 4 is 17.8 Å². The van der Waals surface area contributed by atoms with Gasteiger partial charge in [-0.05, 0) is 26.0 Å². The Hall–Kier alpha value is -2.90. The smallest absolute Gasteiger partial charge is 0.254 e. The second-order valence-corrected chi connectivity index (χ2v) is 6.96. The molecule has 1 aromatic carbocycles. The summed E-state index contributed by atoms with van der Waals surface area (Å²) in [5, 5.41) is 4.55. The predicted molar refractivity (Wildman–Crippen MR) is 104 cm³/mol. The largest absolute Gasteiger partial charge is 0.347 e. The number of carbonyl (C=O) groups is 2. The summed E-state index contributed by atoms with van der Waals surface area (Å²) in [6.07, 6.45) is 0. The van der Waals surface area contributed by atoms with Gasteiger partial charge >= 0.3 is 0 Å². The van der Waals surface area contributed by atoms with Crippen LogP contribution < -0.4 is 4.90 Å². The molecule has 8 heteroatoms. The van der Waals surface area contributed by atoms with Crippen molar-refractivity contribution < 1.29 is 9.59 Å². The highest BCUT2D eigenvalue weighted by Crippen LogP contribution is 2.22. The Labute approximate surface area is 159 Å². The summed E-state index contributed by atoms with van der Waals surface area (Å²) < 4.78 is 1.82. The average Bonchev–Trinajstić information content (AvgIpc) is 3.11. The van der Waals surface area contributed by atoms with Gasteiger partial charge in [-0.3, -0.25) is 9.59 Å². The summed E-state index contributed by atoms with van der Waals surface area (Å²) >= 11 is 0. The zero-order valence-corrected chi connectivity index (χ0v) is 16.5. The number of hydrogen-bond acceptors (Lipinski definition) is 5. The van der Waals surface area contributed by atoms with Crippen molar-refractivity contribution in [3.05, 3.63) is 29.8 Å². The molecule has 2 heterocycles. The normalized spacial score (nSPS) is 17.4. The van der Waals surface area contributed by atoms with Gasteiger partial charge in [0.2, 0.25) is 11.9 Å². The topological polar surface area (TPSA) is 74.6 Å². The minimum atomic E-state index is -0.460. The highest BCUT2D eigenvalue weighted by atomic mass is 16.2. The van der Waals surface area contributed by atoms with Crippen LogP contribution in [-0.4, -0.2) is 76.7 Å². The third-order valence-electron chi connectivity index (χ3n) is 4.86. The van der Waals surface area contributed by atoms with Crippen LogP contribution in [0.1, 0.15) is 24.2 Å². The number of hydrogen-bond donors (Lipinski definition) is 0. The number of likely N-dealkylation sites (N-methyl/N-ethyl adjacent to an activating group) is 1. The zero-order chi connectivity index (χ0) is 19.7. The summed E-state index contributed by atoms with van der Waals surface area (Å²) in [7, 11) is 5.61. The second kappa shape index (κ2) is 7.38. The third kappa shape index (κ3) is 3.51. The number of aromatic nitrogens is 3. The molecule has 1 aliphatic rings. The number of carbonyl (C=O) groups excluding carboxylic acids is 2. The van der Waals surface area contributed by atoms with Gasteiger partial charge in [0.05, 0.1) is 0 Å². The van der Waals surface area contributed by atoms with Crippen LogP contribution in [-0.2, 0) is 11.3 Å². The average molecular weight is 370 g/mol. The van der Waals surface area contributed by atoms with Crippen molar-refractivity contribution in [2.45, 2.75) is 26.4 Å². The molecule has 0 N–H and O–H groups in total. The standard InChI is InChI=1S/C19H26N6O2/c1-6-25-19(22(3)4)20-16(21-25)14-8-7-9-15(12-14)18(27)24-11-10-23(5)17(26)13(24)2/h7-9,12-13H,6,10-11H2,1-5H3/t13-/m1/s1. The fourth-order valence-electron chi connectivity index (χ4n) is 3.25. The van der Waals surface area contributed by atoms with Gasteiger partial charge in [0, 0.05) is 51.9 Å². The molecular formula is C19H26N6O2. The maximum Gasteiger partial charge on any atom is 0.254 e. The van der Waals surface area contributed by atoms with Crippen molar-refractivity contribution in [1.82, 2.24) is 24.6 Å². The number of nitrogens with zero attached hydrogens (tertiary/aromatic N) is 6. The number of rotatable bonds is 4. The van der Waals surface area contributed by atoms with Crippen LogP contribution in [0, 0.1) is 0 Å². The molecule has 8 nitrogen and oxygen atoms in total. The van der Waals surface area contributed by atoms with Crippen LogP contribution in [0.3, 0.4) is 0 Å². The van der Waals surface area contributed by atoms with Crippen LogP contribution in [0.5, 0.6) is 0 Å². The summed E-state index contributed by atoms with van der Waals surface area (Å²) in [5.74, 6) is 1.17. The van der Waals surface area contributed by atoms with Gasteiger partial charge in [-0.1, -0.05) is 12.1 Å². The molecule has 0 spiro atoms. The molecule has 0 unspecified atom stereocenters. The Morgan fingerprint density at radius 2 is 2.04 bits per heavy atom. The monoisotopic (exact) mass is 370 g/mol. The van der Waals surface area contributed by atoms with E-state index in [1.54, 1.807) is 35.9 Å². The SMILES string of the molecule is CCn1nc(-c2cccc(C(=O)N3CCN(C)C(=O)[C@H]3C)c2)nc1N(C)C. The van der Waals surface area contributed by atoms with Crippen molar-refractivity contribution in [3.8, 4) is 11.4 Å². The van der Waals surface area contributed by atoms with Gasteiger partial charge in [-0.15, -0.1) is 5.10 Å². The van der Waals surface area contributed by atoms with E-state index in [1.807, 2.05) is 42.7 Å². The van der Waals surface area contributed by atoms with Gasteiger partial charge in [0.1, 0.15) is 6.04 Å². The lowest BCUT2D eigenvalue weighted by atomic mass is 10.1. The van der Waals surface area contributed by atoms with Gasteiger partial charge < -0.3 is 14.7 Å². The third-order valence-corrected chi connectivity index (χ3v) is 4.86. The fourth-order valence-corrected chi connectivity index (χ4v) is 3.25. The molecule has 0 aliphatic carbocycles. The van der Waals surface area contributed by atoms with E-state index in [-0.39, 0.29) is 11.8 Å². The molecule has 144 valence electrons. The summed E-state index contributed by atoms with van der Waals surface area (Å²) in [6, 6.07) is 6.83. The number of piperazine rings is 1. The first-order valence-electron chi connectivity index (χ1n) is 9.12. The first kappa shape index (κ1) is 18.9. The molecule has 27 heavy (non-hydrogen) atoms. The molecule has 1 saturated heterocycles. The quantitative estimate of drug-likeness (QED) is 0.812. The Morgan fingerprint density at radius 3 is 2.67 bits per heavy atom. The van der Waals surface area contributed by atoms with E-state index in [4.69, 9.17) is 0 Å². The van der Waals surface area contributed by atoms with Gasteiger partial charge in [0.25, 0.3) is 5.91 Å². The Kier molecular flexibility index (Phi) is 5.16. The number of aryl methyl sites for hydroxylation is 1. The maximum atomic E-state index is 13.0. The van der Waals surface area contributed by atoms with Crippen LogP contribution in [0.25, 0.3) is 11.4 Å². The molecule has 2 aromatic rings. The highest BCUT2D eigenvalue weighted by molar-refractivity contribution is 5.98. The molecule has 0 saturated carbocycles. The van der Waals surface area contributed by atoms with E-state index < -0.39 is 6.04 Å². The van der Waals surface area contributed by atoms with Gasteiger partial charge in [-0.2, -0.15) is 4.98 Å². The predicted octanol–water partition coefficient (Wildman–Crippen LogP) is 1.33. The molecule has 0 radical (unpaired) electrons. The highest BCUT2D eigenvalue weighted by Gasteiger charge is 2.33. The Morgan fingerprint density at radius 1 is 1.30 bits per heavy atom. The molecule has 0 bridgehead atoms. The minimum absolute atomic E-state index is 0.0373. The fraction of sp³-hybridized carbons (Fsp3) is 0.474. The first-order valence-corrected chi connectivity index (χ1v) is 9.12.